The van der Waals surface area contributed by atoms with E-state index in [1.165, 1.54) is 12.1 Å². The first-order chi connectivity index (χ1) is 11.0. The van der Waals surface area contributed by atoms with Crippen LogP contribution in [0.5, 0.6) is 5.75 Å². The average Bonchev–Trinajstić information content (AvgIpc) is 2.51. The lowest BCUT2D eigenvalue weighted by Crippen LogP contribution is -2.33. The number of hydrogen-bond donors (Lipinski definition) is 2. The molecule has 0 aromatic heterocycles. The topological polar surface area (TPSA) is 50.4 Å². The summed E-state index contributed by atoms with van der Waals surface area (Å²) >= 11 is 5.66. The minimum absolute atomic E-state index is 0.0248. The van der Waals surface area contributed by atoms with Gasteiger partial charge in [0.1, 0.15) is 18.2 Å². The Balaban J connectivity index is 1.67. The van der Waals surface area contributed by atoms with Gasteiger partial charge < -0.3 is 15.4 Å². The summed E-state index contributed by atoms with van der Waals surface area (Å²) < 4.78 is 19.1. The maximum absolute atomic E-state index is 13.5. The summed E-state index contributed by atoms with van der Waals surface area (Å²) in [5.74, 6) is 0.0286. The van der Waals surface area contributed by atoms with E-state index in [1.54, 1.807) is 6.07 Å². The first-order valence-corrected chi connectivity index (χ1v) is 7.57. The minimum Gasteiger partial charge on any atom is -0.492 e. The molecule has 0 bridgehead atoms. The molecule has 122 valence electrons. The molecule has 2 aromatic carbocycles. The maximum Gasteiger partial charge on any atom is 0.239 e. The molecule has 0 heterocycles. The fourth-order valence-electron chi connectivity index (χ4n) is 1.94. The summed E-state index contributed by atoms with van der Waals surface area (Å²) in [6.07, 6.45) is 0. The molecule has 0 aliphatic heterocycles. The van der Waals surface area contributed by atoms with Crippen molar-refractivity contribution in [3.8, 4) is 5.75 Å². The molecular weight excluding hydrogens is 319 g/mol. The number of halogens is 2. The van der Waals surface area contributed by atoms with Gasteiger partial charge in [0.05, 0.1) is 18.8 Å². The van der Waals surface area contributed by atoms with E-state index in [4.69, 9.17) is 16.3 Å². The van der Waals surface area contributed by atoms with Crippen LogP contribution in [0.2, 0.25) is 5.02 Å². The zero-order valence-corrected chi connectivity index (χ0v) is 13.5. The smallest absolute Gasteiger partial charge is 0.239 e. The number of rotatable bonds is 7. The van der Waals surface area contributed by atoms with Crippen LogP contribution in [0.3, 0.4) is 0 Å². The molecule has 0 fully saturated rings. The van der Waals surface area contributed by atoms with Gasteiger partial charge in [0.2, 0.25) is 5.91 Å². The molecule has 0 radical (unpaired) electrons. The van der Waals surface area contributed by atoms with Crippen molar-refractivity contribution in [2.75, 3.05) is 25.0 Å². The summed E-state index contributed by atoms with van der Waals surface area (Å²) in [6, 6.07) is 11.9. The van der Waals surface area contributed by atoms with Crippen molar-refractivity contribution in [2.24, 2.45) is 0 Å². The quantitative estimate of drug-likeness (QED) is 0.762. The normalized spacial score (nSPS) is 10.2. The van der Waals surface area contributed by atoms with E-state index < -0.39 is 5.82 Å². The van der Waals surface area contributed by atoms with Crippen LogP contribution in [-0.4, -0.2) is 25.6 Å². The molecule has 4 nitrogen and oxygen atoms in total. The molecule has 2 aromatic rings. The van der Waals surface area contributed by atoms with E-state index in [2.05, 4.69) is 10.6 Å². The molecule has 2 N–H and O–H groups in total. The maximum atomic E-state index is 13.5. The monoisotopic (exact) mass is 336 g/mol. The standard InChI is InChI=1S/C17H18ClFN2O2/c1-12-3-2-4-14(9-12)23-8-7-20-17(22)11-21-16-6-5-13(18)10-15(16)19/h2-6,9-10,21H,7-8,11H2,1H3,(H,20,22). The average molecular weight is 337 g/mol. The number of benzene rings is 2. The fourth-order valence-corrected chi connectivity index (χ4v) is 2.09. The molecule has 0 saturated heterocycles. The summed E-state index contributed by atoms with van der Waals surface area (Å²) in [4.78, 5) is 11.7. The molecule has 0 atom stereocenters. The van der Waals surface area contributed by atoms with Gasteiger partial charge in [-0.1, -0.05) is 23.7 Å². The van der Waals surface area contributed by atoms with Crippen molar-refractivity contribution in [1.29, 1.82) is 0 Å². The molecule has 2 rings (SSSR count). The summed E-state index contributed by atoms with van der Waals surface area (Å²) in [6.45, 7) is 2.70. The van der Waals surface area contributed by atoms with Crippen molar-refractivity contribution in [2.45, 2.75) is 6.92 Å². The van der Waals surface area contributed by atoms with Gasteiger partial charge in [-0.2, -0.15) is 0 Å². The highest BCUT2D eigenvalue weighted by Gasteiger charge is 2.05. The predicted octanol–water partition coefficient (Wildman–Crippen LogP) is 3.39. The van der Waals surface area contributed by atoms with Crippen LogP contribution in [0.4, 0.5) is 10.1 Å². The van der Waals surface area contributed by atoms with Gasteiger partial charge in [-0.25, -0.2) is 4.39 Å². The molecular formula is C17H18ClFN2O2. The van der Waals surface area contributed by atoms with Crippen molar-refractivity contribution >= 4 is 23.2 Å². The molecule has 0 aliphatic carbocycles. The number of amides is 1. The third kappa shape index (κ3) is 5.79. The second-order valence-electron chi connectivity index (χ2n) is 4.99. The van der Waals surface area contributed by atoms with Crippen molar-refractivity contribution in [3.05, 3.63) is 58.9 Å². The van der Waals surface area contributed by atoms with Crippen LogP contribution in [0.1, 0.15) is 5.56 Å². The van der Waals surface area contributed by atoms with Crippen LogP contribution in [0.25, 0.3) is 0 Å². The van der Waals surface area contributed by atoms with E-state index in [9.17, 15) is 9.18 Å². The van der Waals surface area contributed by atoms with Crippen LogP contribution in [-0.2, 0) is 4.79 Å². The SMILES string of the molecule is Cc1cccc(OCCNC(=O)CNc2ccc(Cl)cc2F)c1. The number of carbonyl (C=O) groups excluding carboxylic acids is 1. The summed E-state index contributed by atoms with van der Waals surface area (Å²) in [5.41, 5.74) is 1.35. The minimum atomic E-state index is -0.493. The van der Waals surface area contributed by atoms with E-state index in [1.807, 2.05) is 31.2 Å². The van der Waals surface area contributed by atoms with Crippen molar-refractivity contribution in [1.82, 2.24) is 5.32 Å². The lowest BCUT2D eigenvalue weighted by atomic mass is 10.2. The molecule has 0 unspecified atom stereocenters. The molecule has 1 amide bonds. The zero-order chi connectivity index (χ0) is 16.7. The van der Waals surface area contributed by atoms with Gasteiger partial charge in [-0.3, -0.25) is 4.79 Å². The van der Waals surface area contributed by atoms with Gasteiger partial charge in [-0.05, 0) is 42.8 Å². The Labute approximate surface area is 139 Å². The highest BCUT2D eigenvalue weighted by atomic mass is 35.5. The number of anilines is 1. The van der Waals surface area contributed by atoms with Crippen molar-refractivity contribution < 1.29 is 13.9 Å². The molecule has 0 saturated carbocycles. The Morgan fingerprint density at radius 3 is 2.83 bits per heavy atom. The van der Waals surface area contributed by atoms with Gasteiger partial charge >= 0.3 is 0 Å². The second kappa shape index (κ2) is 8.39. The number of carbonyl (C=O) groups is 1. The van der Waals surface area contributed by atoms with Crippen LogP contribution in [0, 0.1) is 12.7 Å². The highest BCUT2D eigenvalue weighted by molar-refractivity contribution is 6.30. The van der Waals surface area contributed by atoms with Gasteiger partial charge in [0.25, 0.3) is 0 Å². The Bertz CT molecular complexity index is 679. The van der Waals surface area contributed by atoms with E-state index in [0.717, 1.165) is 11.3 Å². The predicted molar refractivity (Wildman–Crippen MR) is 89.6 cm³/mol. The highest BCUT2D eigenvalue weighted by Crippen LogP contribution is 2.18. The number of hydrogen-bond acceptors (Lipinski definition) is 3. The lowest BCUT2D eigenvalue weighted by molar-refractivity contribution is -0.119. The number of ether oxygens (including phenoxy) is 1. The Morgan fingerprint density at radius 2 is 2.09 bits per heavy atom. The molecule has 6 heteroatoms. The van der Waals surface area contributed by atoms with E-state index in [-0.39, 0.29) is 18.1 Å². The van der Waals surface area contributed by atoms with Gasteiger partial charge in [0.15, 0.2) is 0 Å². The summed E-state index contributed by atoms with van der Waals surface area (Å²) in [5, 5.41) is 5.72. The van der Waals surface area contributed by atoms with E-state index >= 15 is 0 Å². The molecule has 0 aliphatic rings. The van der Waals surface area contributed by atoms with Gasteiger partial charge in [-0.15, -0.1) is 0 Å². The van der Waals surface area contributed by atoms with Crippen molar-refractivity contribution in [3.63, 3.8) is 0 Å². The first-order valence-electron chi connectivity index (χ1n) is 7.19. The third-order valence-electron chi connectivity index (χ3n) is 3.05. The van der Waals surface area contributed by atoms with Crippen LogP contribution >= 0.6 is 11.6 Å². The molecule has 0 spiro atoms. The van der Waals surface area contributed by atoms with Crippen LogP contribution in [0.15, 0.2) is 42.5 Å². The molecule has 23 heavy (non-hydrogen) atoms. The summed E-state index contributed by atoms with van der Waals surface area (Å²) in [7, 11) is 0. The second-order valence-corrected chi connectivity index (χ2v) is 5.43. The third-order valence-corrected chi connectivity index (χ3v) is 3.29. The van der Waals surface area contributed by atoms with Crippen LogP contribution < -0.4 is 15.4 Å². The zero-order valence-electron chi connectivity index (χ0n) is 12.7. The largest absolute Gasteiger partial charge is 0.492 e. The Morgan fingerprint density at radius 1 is 1.26 bits per heavy atom. The Hall–Kier alpha value is -2.27. The number of aryl methyl sites for hydroxylation is 1. The fraction of sp³-hybridized carbons (Fsp3) is 0.235. The number of nitrogens with one attached hydrogen (secondary N) is 2. The van der Waals surface area contributed by atoms with E-state index in [0.29, 0.717) is 18.2 Å². The lowest BCUT2D eigenvalue weighted by Gasteiger charge is -2.10. The Kier molecular flexibility index (Phi) is 6.23. The van der Waals surface area contributed by atoms with Gasteiger partial charge in [0, 0.05) is 5.02 Å². The first kappa shape index (κ1) is 17.1.